The molecule has 5 heteroatoms. The number of hydrogen-bond acceptors (Lipinski definition) is 4. The van der Waals surface area contributed by atoms with E-state index in [-0.39, 0.29) is 11.5 Å². The molecule has 1 saturated heterocycles. The molecule has 1 fully saturated rings. The Bertz CT molecular complexity index is 376. The fourth-order valence-corrected chi connectivity index (χ4v) is 2.53. The van der Waals surface area contributed by atoms with Crippen LogP contribution >= 0.6 is 0 Å². The molecule has 0 aliphatic carbocycles. The summed E-state index contributed by atoms with van der Waals surface area (Å²) in [5, 5.41) is 12.2. The summed E-state index contributed by atoms with van der Waals surface area (Å²) in [4.78, 5) is 16.3. The maximum atomic E-state index is 12.2. The lowest BCUT2D eigenvalue weighted by Crippen LogP contribution is -2.36. The maximum absolute atomic E-state index is 12.2. The third-order valence-electron chi connectivity index (χ3n) is 3.93. The van der Waals surface area contributed by atoms with E-state index < -0.39 is 0 Å². The summed E-state index contributed by atoms with van der Waals surface area (Å²) in [6, 6.07) is 2.02. The number of hydrogen-bond donors (Lipinski definition) is 1. The van der Waals surface area contributed by atoms with Gasteiger partial charge in [0.2, 0.25) is 0 Å². The standard InChI is InChI=1S/C16H28N4O/c1-3-19(4-2)10-8-9-18-14-15(13-17)16(21)20-11-6-5-7-12-20/h14,18H,3-12H2,1-2H3/b15-14-. The van der Waals surface area contributed by atoms with E-state index in [1.807, 2.05) is 6.07 Å². The fraction of sp³-hybridized carbons (Fsp3) is 0.750. The predicted molar refractivity (Wildman–Crippen MR) is 84.5 cm³/mol. The van der Waals surface area contributed by atoms with Gasteiger partial charge in [-0.05, 0) is 45.3 Å². The van der Waals surface area contributed by atoms with Crippen molar-refractivity contribution in [1.29, 1.82) is 5.26 Å². The average molecular weight is 292 g/mol. The number of amides is 1. The highest BCUT2D eigenvalue weighted by molar-refractivity contribution is 5.97. The number of nitrogens with zero attached hydrogens (tertiary/aromatic N) is 3. The molecule has 1 N–H and O–H groups in total. The number of piperidine rings is 1. The normalized spacial score (nSPS) is 15.9. The molecular formula is C16H28N4O. The van der Waals surface area contributed by atoms with Crippen LogP contribution in [0.5, 0.6) is 0 Å². The van der Waals surface area contributed by atoms with E-state index >= 15 is 0 Å². The van der Waals surface area contributed by atoms with Crippen molar-refractivity contribution < 1.29 is 4.79 Å². The Morgan fingerprint density at radius 1 is 1.29 bits per heavy atom. The quantitative estimate of drug-likeness (QED) is 0.420. The van der Waals surface area contributed by atoms with Crippen LogP contribution in [0.2, 0.25) is 0 Å². The second kappa shape index (κ2) is 10.2. The molecule has 0 unspecified atom stereocenters. The van der Waals surface area contributed by atoms with E-state index in [2.05, 4.69) is 24.1 Å². The lowest BCUT2D eigenvalue weighted by atomic mass is 10.1. The van der Waals surface area contributed by atoms with Crippen LogP contribution in [0.3, 0.4) is 0 Å². The lowest BCUT2D eigenvalue weighted by Gasteiger charge is -2.26. The van der Waals surface area contributed by atoms with Crippen LogP contribution in [0.15, 0.2) is 11.8 Å². The summed E-state index contributed by atoms with van der Waals surface area (Å²) >= 11 is 0. The van der Waals surface area contributed by atoms with Crippen LogP contribution < -0.4 is 5.32 Å². The highest BCUT2D eigenvalue weighted by Crippen LogP contribution is 2.11. The summed E-state index contributed by atoms with van der Waals surface area (Å²) in [7, 11) is 0. The average Bonchev–Trinajstić information content (AvgIpc) is 2.55. The molecule has 0 aromatic carbocycles. The molecule has 5 nitrogen and oxygen atoms in total. The first-order valence-corrected chi connectivity index (χ1v) is 8.08. The van der Waals surface area contributed by atoms with E-state index in [0.29, 0.717) is 0 Å². The Morgan fingerprint density at radius 2 is 1.95 bits per heavy atom. The number of nitrogens with one attached hydrogen (secondary N) is 1. The van der Waals surface area contributed by atoms with Crippen molar-refractivity contribution >= 4 is 5.91 Å². The van der Waals surface area contributed by atoms with Crippen molar-refractivity contribution in [2.45, 2.75) is 39.5 Å². The van der Waals surface area contributed by atoms with E-state index in [0.717, 1.165) is 58.5 Å². The molecule has 1 aliphatic rings. The molecule has 0 bridgehead atoms. The molecule has 0 aromatic rings. The lowest BCUT2D eigenvalue weighted by molar-refractivity contribution is -0.127. The molecular weight excluding hydrogens is 264 g/mol. The smallest absolute Gasteiger partial charge is 0.265 e. The Hall–Kier alpha value is -1.54. The van der Waals surface area contributed by atoms with Gasteiger partial charge in [-0.25, -0.2) is 0 Å². The van der Waals surface area contributed by atoms with Gasteiger partial charge in [-0.15, -0.1) is 0 Å². The molecule has 1 aliphatic heterocycles. The second-order valence-corrected chi connectivity index (χ2v) is 5.36. The largest absolute Gasteiger partial charge is 0.390 e. The van der Waals surface area contributed by atoms with Gasteiger partial charge in [0.15, 0.2) is 0 Å². The summed E-state index contributed by atoms with van der Waals surface area (Å²) < 4.78 is 0. The number of nitriles is 1. The molecule has 0 saturated carbocycles. The molecule has 0 aromatic heterocycles. The Morgan fingerprint density at radius 3 is 2.52 bits per heavy atom. The van der Waals surface area contributed by atoms with Crippen molar-refractivity contribution in [3.05, 3.63) is 11.8 Å². The summed E-state index contributed by atoms with van der Waals surface area (Å²) in [5.74, 6) is -0.131. The second-order valence-electron chi connectivity index (χ2n) is 5.36. The first kappa shape index (κ1) is 17.5. The molecule has 0 radical (unpaired) electrons. The van der Waals surface area contributed by atoms with Crippen molar-refractivity contribution in [2.24, 2.45) is 0 Å². The topological polar surface area (TPSA) is 59.4 Å². The van der Waals surface area contributed by atoms with Crippen LogP contribution in [0.1, 0.15) is 39.5 Å². The highest BCUT2D eigenvalue weighted by atomic mass is 16.2. The van der Waals surface area contributed by atoms with Crippen molar-refractivity contribution in [1.82, 2.24) is 15.1 Å². The number of likely N-dealkylation sites (tertiary alicyclic amines) is 1. The first-order chi connectivity index (χ1) is 10.2. The van der Waals surface area contributed by atoms with Gasteiger partial charge in [-0.2, -0.15) is 5.26 Å². The van der Waals surface area contributed by atoms with E-state index in [4.69, 9.17) is 5.26 Å². The molecule has 0 atom stereocenters. The van der Waals surface area contributed by atoms with Crippen LogP contribution in [-0.4, -0.2) is 55.0 Å². The number of rotatable bonds is 8. The predicted octanol–water partition coefficient (Wildman–Crippen LogP) is 1.73. The van der Waals surface area contributed by atoms with Gasteiger partial charge in [-0.1, -0.05) is 13.8 Å². The van der Waals surface area contributed by atoms with Crippen LogP contribution in [0.4, 0.5) is 0 Å². The van der Waals surface area contributed by atoms with Gasteiger partial charge in [-0.3, -0.25) is 4.79 Å². The minimum Gasteiger partial charge on any atom is -0.390 e. The fourth-order valence-electron chi connectivity index (χ4n) is 2.53. The molecule has 1 heterocycles. The van der Waals surface area contributed by atoms with Gasteiger partial charge in [0, 0.05) is 25.8 Å². The SMILES string of the molecule is CCN(CC)CCCN/C=C(/C#N)C(=O)N1CCCCC1. The molecule has 0 spiro atoms. The third kappa shape index (κ3) is 6.17. The zero-order valence-corrected chi connectivity index (χ0v) is 13.4. The monoisotopic (exact) mass is 292 g/mol. The van der Waals surface area contributed by atoms with Gasteiger partial charge >= 0.3 is 0 Å². The minimum absolute atomic E-state index is 0.131. The van der Waals surface area contributed by atoms with Gasteiger partial charge < -0.3 is 15.1 Å². The third-order valence-corrected chi connectivity index (χ3v) is 3.93. The van der Waals surface area contributed by atoms with Crippen LogP contribution in [0.25, 0.3) is 0 Å². The highest BCUT2D eigenvalue weighted by Gasteiger charge is 2.19. The molecule has 21 heavy (non-hydrogen) atoms. The van der Waals surface area contributed by atoms with Crippen LogP contribution in [-0.2, 0) is 4.79 Å². The van der Waals surface area contributed by atoms with Crippen molar-refractivity contribution in [3.8, 4) is 6.07 Å². The van der Waals surface area contributed by atoms with E-state index in [1.165, 1.54) is 6.42 Å². The Kier molecular flexibility index (Phi) is 8.53. The summed E-state index contributed by atoms with van der Waals surface area (Å²) in [6.07, 6.45) is 5.86. The summed E-state index contributed by atoms with van der Waals surface area (Å²) in [6.45, 7) is 9.81. The molecule has 1 rings (SSSR count). The number of carbonyl (C=O) groups is 1. The van der Waals surface area contributed by atoms with Crippen molar-refractivity contribution in [3.63, 3.8) is 0 Å². The number of carbonyl (C=O) groups excluding carboxylic acids is 1. The minimum atomic E-state index is -0.131. The van der Waals surface area contributed by atoms with Gasteiger partial charge in [0.1, 0.15) is 11.6 Å². The van der Waals surface area contributed by atoms with E-state index in [1.54, 1.807) is 11.1 Å². The first-order valence-electron chi connectivity index (χ1n) is 8.08. The van der Waals surface area contributed by atoms with Gasteiger partial charge in [0.25, 0.3) is 5.91 Å². The summed E-state index contributed by atoms with van der Waals surface area (Å²) in [5.41, 5.74) is 0.222. The van der Waals surface area contributed by atoms with Crippen molar-refractivity contribution in [2.75, 3.05) is 39.3 Å². The zero-order valence-electron chi connectivity index (χ0n) is 13.4. The Labute approximate surface area is 128 Å². The zero-order chi connectivity index (χ0) is 15.5. The van der Waals surface area contributed by atoms with Gasteiger partial charge in [0.05, 0.1) is 0 Å². The molecule has 118 valence electrons. The van der Waals surface area contributed by atoms with Crippen LogP contribution in [0, 0.1) is 11.3 Å². The maximum Gasteiger partial charge on any atom is 0.265 e. The van der Waals surface area contributed by atoms with E-state index in [9.17, 15) is 4.79 Å². The Balaban J connectivity index is 2.34. The molecule has 1 amide bonds.